The maximum atomic E-state index is 11.9. The number of ether oxygens (including phenoxy) is 1. The molecule has 2 N–H and O–H groups in total. The predicted octanol–water partition coefficient (Wildman–Crippen LogP) is 1.85. The lowest BCUT2D eigenvalue weighted by atomic mass is 9.92. The number of nitrogens with zero attached hydrogens (tertiary/aromatic N) is 1. The zero-order valence-electron chi connectivity index (χ0n) is 13.1. The highest BCUT2D eigenvalue weighted by Crippen LogP contribution is 2.20. The van der Waals surface area contributed by atoms with Crippen molar-refractivity contribution in [2.24, 2.45) is 11.8 Å². The Morgan fingerprint density at radius 1 is 1.45 bits per heavy atom. The summed E-state index contributed by atoms with van der Waals surface area (Å²) < 4.78 is 5.10. The van der Waals surface area contributed by atoms with Crippen molar-refractivity contribution in [1.82, 2.24) is 10.2 Å². The van der Waals surface area contributed by atoms with E-state index in [2.05, 4.69) is 19.2 Å². The molecule has 0 bridgehead atoms. The number of rotatable bonds is 7. The van der Waals surface area contributed by atoms with Crippen LogP contribution in [0.2, 0.25) is 0 Å². The minimum absolute atomic E-state index is 0.181. The van der Waals surface area contributed by atoms with Gasteiger partial charge in [0.2, 0.25) is 0 Å². The van der Waals surface area contributed by atoms with Crippen LogP contribution in [0.1, 0.15) is 40.0 Å². The molecule has 1 saturated heterocycles. The van der Waals surface area contributed by atoms with E-state index in [0.717, 1.165) is 25.8 Å². The highest BCUT2D eigenvalue weighted by Gasteiger charge is 2.30. The Hall–Kier alpha value is -0.810. The summed E-state index contributed by atoms with van der Waals surface area (Å²) in [5.41, 5.74) is 0. The molecule has 0 aromatic carbocycles. The average molecular weight is 286 g/mol. The maximum Gasteiger partial charge on any atom is 0.409 e. The zero-order chi connectivity index (χ0) is 15.0. The Labute approximate surface area is 122 Å². The summed E-state index contributed by atoms with van der Waals surface area (Å²) in [4.78, 5) is 13.7. The molecule has 0 aliphatic carbocycles. The van der Waals surface area contributed by atoms with Gasteiger partial charge in [-0.1, -0.05) is 13.8 Å². The van der Waals surface area contributed by atoms with E-state index in [-0.39, 0.29) is 12.7 Å². The van der Waals surface area contributed by atoms with Crippen molar-refractivity contribution in [2.75, 3.05) is 32.8 Å². The van der Waals surface area contributed by atoms with E-state index in [9.17, 15) is 4.79 Å². The second-order valence-corrected chi connectivity index (χ2v) is 6.05. The van der Waals surface area contributed by atoms with Crippen LogP contribution in [-0.2, 0) is 4.74 Å². The number of hydrogen-bond donors (Lipinski definition) is 2. The SMILES string of the molecule is CCOC(=O)N1CC(CCO)CC(NCCC(C)C)C1. The van der Waals surface area contributed by atoms with Crippen LogP contribution in [0.4, 0.5) is 4.79 Å². The molecule has 5 nitrogen and oxygen atoms in total. The lowest BCUT2D eigenvalue weighted by Crippen LogP contribution is -2.51. The Morgan fingerprint density at radius 2 is 2.20 bits per heavy atom. The Balaban J connectivity index is 2.49. The van der Waals surface area contributed by atoms with Gasteiger partial charge in [-0.2, -0.15) is 0 Å². The number of carbonyl (C=O) groups is 1. The van der Waals surface area contributed by atoms with Crippen molar-refractivity contribution in [3.8, 4) is 0 Å². The number of piperidine rings is 1. The van der Waals surface area contributed by atoms with Crippen molar-refractivity contribution in [3.05, 3.63) is 0 Å². The molecule has 1 heterocycles. The topological polar surface area (TPSA) is 61.8 Å². The third-order valence-electron chi connectivity index (χ3n) is 3.76. The fourth-order valence-corrected chi connectivity index (χ4v) is 2.68. The normalized spacial score (nSPS) is 23.1. The molecule has 2 atom stereocenters. The van der Waals surface area contributed by atoms with E-state index < -0.39 is 0 Å². The van der Waals surface area contributed by atoms with Gasteiger partial charge in [0.05, 0.1) is 6.61 Å². The second-order valence-electron chi connectivity index (χ2n) is 6.05. The van der Waals surface area contributed by atoms with Crippen molar-refractivity contribution >= 4 is 6.09 Å². The minimum atomic E-state index is -0.231. The summed E-state index contributed by atoms with van der Waals surface area (Å²) in [6, 6.07) is 0.309. The van der Waals surface area contributed by atoms with Gasteiger partial charge in [-0.15, -0.1) is 0 Å². The summed E-state index contributed by atoms with van der Waals surface area (Å²) in [6.07, 6.45) is 2.68. The molecule has 1 fully saturated rings. The largest absolute Gasteiger partial charge is 0.450 e. The van der Waals surface area contributed by atoms with E-state index in [4.69, 9.17) is 9.84 Å². The number of aliphatic hydroxyl groups is 1. The van der Waals surface area contributed by atoms with Crippen molar-refractivity contribution in [2.45, 2.75) is 46.1 Å². The molecule has 5 heteroatoms. The minimum Gasteiger partial charge on any atom is -0.450 e. The molecule has 118 valence electrons. The van der Waals surface area contributed by atoms with Gasteiger partial charge in [-0.25, -0.2) is 4.79 Å². The molecule has 1 aliphatic heterocycles. The first-order valence-electron chi connectivity index (χ1n) is 7.82. The molecule has 20 heavy (non-hydrogen) atoms. The smallest absolute Gasteiger partial charge is 0.409 e. The second kappa shape index (κ2) is 9.19. The Morgan fingerprint density at radius 3 is 2.80 bits per heavy atom. The lowest BCUT2D eigenvalue weighted by molar-refractivity contribution is 0.0733. The summed E-state index contributed by atoms with van der Waals surface area (Å²) in [5, 5.41) is 12.7. The van der Waals surface area contributed by atoms with Crippen LogP contribution in [0, 0.1) is 11.8 Å². The molecule has 0 radical (unpaired) electrons. The van der Waals surface area contributed by atoms with Gasteiger partial charge in [0, 0.05) is 25.7 Å². The van der Waals surface area contributed by atoms with E-state index >= 15 is 0 Å². The molecular weight excluding hydrogens is 256 g/mol. The van der Waals surface area contributed by atoms with Crippen LogP contribution in [0.3, 0.4) is 0 Å². The first kappa shape index (κ1) is 17.2. The summed E-state index contributed by atoms with van der Waals surface area (Å²) in [7, 11) is 0. The highest BCUT2D eigenvalue weighted by molar-refractivity contribution is 5.67. The predicted molar refractivity (Wildman–Crippen MR) is 79.7 cm³/mol. The molecule has 0 spiro atoms. The zero-order valence-corrected chi connectivity index (χ0v) is 13.1. The Kier molecular flexibility index (Phi) is 7.92. The first-order chi connectivity index (χ1) is 9.56. The highest BCUT2D eigenvalue weighted by atomic mass is 16.6. The van der Waals surface area contributed by atoms with E-state index in [1.54, 1.807) is 4.90 Å². The van der Waals surface area contributed by atoms with Crippen molar-refractivity contribution in [1.29, 1.82) is 0 Å². The van der Waals surface area contributed by atoms with E-state index in [0.29, 0.717) is 37.6 Å². The van der Waals surface area contributed by atoms with Crippen LogP contribution in [-0.4, -0.2) is 55.0 Å². The fraction of sp³-hybridized carbons (Fsp3) is 0.933. The van der Waals surface area contributed by atoms with Crippen LogP contribution < -0.4 is 5.32 Å². The van der Waals surface area contributed by atoms with Gasteiger partial charge in [-0.05, 0) is 44.6 Å². The van der Waals surface area contributed by atoms with Gasteiger partial charge < -0.3 is 20.1 Å². The number of amides is 1. The van der Waals surface area contributed by atoms with Gasteiger partial charge >= 0.3 is 6.09 Å². The lowest BCUT2D eigenvalue weighted by Gasteiger charge is -2.37. The number of carbonyl (C=O) groups excluding carboxylic acids is 1. The van der Waals surface area contributed by atoms with E-state index in [1.165, 1.54) is 0 Å². The third kappa shape index (κ3) is 6.09. The maximum absolute atomic E-state index is 11.9. The van der Waals surface area contributed by atoms with Gasteiger partial charge in [0.1, 0.15) is 0 Å². The van der Waals surface area contributed by atoms with Crippen LogP contribution in [0.5, 0.6) is 0 Å². The van der Waals surface area contributed by atoms with Gasteiger partial charge in [0.25, 0.3) is 0 Å². The summed E-state index contributed by atoms with van der Waals surface area (Å²) >= 11 is 0. The van der Waals surface area contributed by atoms with Gasteiger partial charge in [-0.3, -0.25) is 0 Å². The molecule has 2 unspecified atom stereocenters. The molecule has 0 saturated carbocycles. The molecular formula is C15H30N2O3. The summed E-state index contributed by atoms with van der Waals surface area (Å²) in [5.74, 6) is 1.04. The third-order valence-corrected chi connectivity index (χ3v) is 3.76. The fourth-order valence-electron chi connectivity index (χ4n) is 2.68. The van der Waals surface area contributed by atoms with Crippen LogP contribution in [0.15, 0.2) is 0 Å². The summed E-state index contributed by atoms with van der Waals surface area (Å²) in [6.45, 7) is 9.21. The number of hydrogen-bond acceptors (Lipinski definition) is 4. The number of aliphatic hydroxyl groups excluding tert-OH is 1. The van der Waals surface area contributed by atoms with Crippen LogP contribution in [0.25, 0.3) is 0 Å². The quantitative estimate of drug-likeness (QED) is 0.750. The van der Waals surface area contributed by atoms with Crippen LogP contribution >= 0.6 is 0 Å². The molecule has 0 aromatic rings. The molecule has 1 rings (SSSR count). The van der Waals surface area contributed by atoms with Crippen molar-refractivity contribution < 1.29 is 14.6 Å². The molecule has 1 aliphatic rings. The molecule has 0 aromatic heterocycles. The van der Waals surface area contributed by atoms with E-state index in [1.807, 2.05) is 6.92 Å². The first-order valence-corrected chi connectivity index (χ1v) is 7.82. The number of nitrogens with one attached hydrogen (secondary N) is 1. The van der Waals surface area contributed by atoms with Crippen molar-refractivity contribution in [3.63, 3.8) is 0 Å². The average Bonchev–Trinajstić information content (AvgIpc) is 2.38. The monoisotopic (exact) mass is 286 g/mol. The van der Waals surface area contributed by atoms with Gasteiger partial charge in [0.15, 0.2) is 0 Å². The molecule has 1 amide bonds. The number of likely N-dealkylation sites (tertiary alicyclic amines) is 1. The standard InChI is InChI=1S/C15H30N2O3/c1-4-20-15(19)17-10-13(6-8-18)9-14(11-17)16-7-5-12(2)3/h12-14,16,18H,4-11H2,1-3H3. The Bertz CT molecular complexity index is 284.